The topological polar surface area (TPSA) is 54.0 Å². The molecule has 22 heavy (non-hydrogen) atoms. The van der Waals surface area contributed by atoms with E-state index in [9.17, 15) is 4.79 Å². The van der Waals surface area contributed by atoms with Crippen LogP contribution in [0.15, 0.2) is 0 Å². The number of hydrogen-bond donors (Lipinski definition) is 0. The van der Waals surface area contributed by atoms with E-state index < -0.39 is 9.05 Å². The third kappa shape index (κ3) is 10.7. The van der Waals surface area contributed by atoms with E-state index in [4.69, 9.17) is 17.7 Å². The Morgan fingerprint density at radius 2 is 1.45 bits per heavy atom. The monoisotopic (exact) mass is 352 g/mol. The Hall–Kier alpha value is 0.0769. The second-order valence-electron chi connectivity index (χ2n) is 5.05. The van der Waals surface area contributed by atoms with Crippen LogP contribution >= 0.6 is 11.8 Å². The van der Waals surface area contributed by atoms with E-state index in [1.54, 1.807) is 0 Å². The summed E-state index contributed by atoms with van der Waals surface area (Å²) < 4.78 is 20.9. The maximum atomic E-state index is 11.7. The molecule has 0 aliphatic heterocycles. The molecule has 0 spiro atoms. The lowest BCUT2D eigenvalue weighted by atomic mass is 10.1. The van der Waals surface area contributed by atoms with Crippen molar-refractivity contribution >= 4 is 25.9 Å². The van der Waals surface area contributed by atoms with Gasteiger partial charge in [0.2, 0.25) is 0 Å². The summed E-state index contributed by atoms with van der Waals surface area (Å²) in [6.07, 6.45) is 9.25. The largest absolute Gasteiger partial charge is 0.678 e. The summed E-state index contributed by atoms with van der Waals surface area (Å²) >= 11 is 1.31. The zero-order valence-corrected chi connectivity index (χ0v) is 16.3. The first-order chi connectivity index (χ1) is 10.6. The van der Waals surface area contributed by atoms with E-state index >= 15 is 0 Å². The predicted molar refractivity (Wildman–Crippen MR) is 92.8 cm³/mol. The van der Waals surface area contributed by atoms with Crippen LogP contribution < -0.4 is 0 Å². The van der Waals surface area contributed by atoms with Gasteiger partial charge in [-0.15, -0.1) is 0 Å². The minimum atomic E-state index is -2.96. The molecule has 0 radical (unpaired) electrons. The Bertz CT molecular complexity index is 266. The molecule has 0 fully saturated rings. The average molecular weight is 353 g/mol. The van der Waals surface area contributed by atoms with Crippen LogP contribution in [0.5, 0.6) is 0 Å². The average Bonchev–Trinajstić information content (AvgIpc) is 2.55. The summed E-state index contributed by atoms with van der Waals surface area (Å²) in [5.74, 6) is 0.597. The van der Waals surface area contributed by atoms with Crippen LogP contribution in [0.25, 0.3) is 0 Å². The SMILES string of the molecule is CCCCCCCCCC(=O)SCCO[Si](OC)(OC)OC. The smallest absolute Gasteiger partial charge is 0.355 e. The molecule has 0 N–H and O–H groups in total. The van der Waals surface area contributed by atoms with Gasteiger partial charge in [0.25, 0.3) is 0 Å². The van der Waals surface area contributed by atoms with Crippen molar-refractivity contribution in [3.05, 3.63) is 0 Å². The van der Waals surface area contributed by atoms with Gasteiger partial charge in [-0.3, -0.25) is 4.79 Å². The second kappa shape index (κ2) is 14.7. The number of carbonyl (C=O) groups excluding carboxylic acids is 1. The van der Waals surface area contributed by atoms with Gasteiger partial charge in [0.15, 0.2) is 5.12 Å². The molecule has 0 aromatic carbocycles. The van der Waals surface area contributed by atoms with Gasteiger partial charge in [0.05, 0.1) is 6.61 Å². The summed E-state index contributed by atoms with van der Waals surface area (Å²) in [6, 6.07) is 0. The van der Waals surface area contributed by atoms with Crippen molar-refractivity contribution in [3.8, 4) is 0 Å². The summed E-state index contributed by atoms with van der Waals surface area (Å²) in [5, 5.41) is 0.233. The van der Waals surface area contributed by atoms with Crippen molar-refractivity contribution in [3.63, 3.8) is 0 Å². The van der Waals surface area contributed by atoms with Crippen molar-refractivity contribution in [2.24, 2.45) is 0 Å². The molecule has 0 unspecified atom stereocenters. The van der Waals surface area contributed by atoms with Crippen LogP contribution in [0.3, 0.4) is 0 Å². The zero-order valence-electron chi connectivity index (χ0n) is 14.5. The Kier molecular flexibility index (Phi) is 14.7. The molecule has 0 atom stereocenters. The van der Waals surface area contributed by atoms with E-state index in [1.807, 2.05) is 0 Å². The van der Waals surface area contributed by atoms with E-state index in [0.29, 0.717) is 18.8 Å². The number of unbranched alkanes of at least 4 members (excludes halogenated alkanes) is 6. The molecule has 0 heterocycles. The summed E-state index contributed by atoms with van der Waals surface area (Å²) in [5.41, 5.74) is 0. The zero-order chi connectivity index (χ0) is 16.7. The molecule has 0 amide bonds. The highest BCUT2D eigenvalue weighted by Crippen LogP contribution is 2.14. The molecule has 132 valence electrons. The van der Waals surface area contributed by atoms with Gasteiger partial charge in [0.1, 0.15) is 0 Å². The molecule has 5 nitrogen and oxygen atoms in total. The lowest BCUT2D eigenvalue weighted by Crippen LogP contribution is -2.46. The Morgan fingerprint density at radius 1 is 0.909 bits per heavy atom. The second-order valence-corrected chi connectivity index (χ2v) is 8.72. The van der Waals surface area contributed by atoms with Crippen LogP contribution in [-0.4, -0.2) is 47.9 Å². The summed E-state index contributed by atoms with van der Waals surface area (Å²) in [6.45, 7) is 2.60. The van der Waals surface area contributed by atoms with Crippen LogP contribution in [0, 0.1) is 0 Å². The molecule has 0 saturated carbocycles. The lowest BCUT2D eigenvalue weighted by molar-refractivity contribution is -0.111. The number of hydrogen-bond acceptors (Lipinski definition) is 6. The Labute approximate surface area is 140 Å². The molecular formula is C15H32O5SSi. The van der Waals surface area contributed by atoms with Gasteiger partial charge in [-0.1, -0.05) is 57.2 Å². The van der Waals surface area contributed by atoms with Crippen molar-refractivity contribution in [1.29, 1.82) is 0 Å². The van der Waals surface area contributed by atoms with E-state index in [2.05, 4.69) is 6.92 Å². The molecule has 0 aliphatic carbocycles. The van der Waals surface area contributed by atoms with Gasteiger partial charge in [-0.2, -0.15) is 0 Å². The molecule has 7 heteroatoms. The van der Waals surface area contributed by atoms with Gasteiger partial charge in [-0.25, -0.2) is 0 Å². The number of thioether (sulfide) groups is 1. The molecule has 0 rings (SSSR count). The van der Waals surface area contributed by atoms with E-state index in [1.165, 1.54) is 65.2 Å². The van der Waals surface area contributed by atoms with Gasteiger partial charge < -0.3 is 17.7 Å². The lowest BCUT2D eigenvalue weighted by Gasteiger charge is -2.22. The third-order valence-electron chi connectivity index (χ3n) is 3.36. The Morgan fingerprint density at radius 3 is 2.00 bits per heavy atom. The van der Waals surface area contributed by atoms with Gasteiger partial charge in [-0.05, 0) is 6.42 Å². The highest BCUT2D eigenvalue weighted by Gasteiger charge is 2.41. The standard InChI is InChI=1S/C15H32O5SSi/c1-5-6-7-8-9-10-11-12-15(16)21-14-13-20-22(17-2,18-3)19-4/h5-14H2,1-4H3. The van der Waals surface area contributed by atoms with Gasteiger partial charge in [0, 0.05) is 33.5 Å². The van der Waals surface area contributed by atoms with Crippen LogP contribution in [-0.2, 0) is 22.5 Å². The molecular weight excluding hydrogens is 320 g/mol. The molecule has 0 aliphatic rings. The summed E-state index contributed by atoms with van der Waals surface area (Å²) in [7, 11) is 1.53. The van der Waals surface area contributed by atoms with Gasteiger partial charge >= 0.3 is 9.05 Å². The van der Waals surface area contributed by atoms with Crippen LogP contribution in [0.4, 0.5) is 0 Å². The summed E-state index contributed by atoms with van der Waals surface area (Å²) in [4.78, 5) is 11.7. The minimum absolute atomic E-state index is 0.233. The quantitative estimate of drug-likeness (QED) is 0.330. The molecule has 0 aromatic heterocycles. The first-order valence-electron chi connectivity index (χ1n) is 8.09. The van der Waals surface area contributed by atoms with Crippen LogP contribution in [0.2, 0.25) is 0 Å². The Balaban J connectivity index is 3.54. The van der Waals surface area contributed by atoms with Crippen molar-refractivity contribution in [1.82, 2.24) is 0 Å². The van der Waals surface area contributed by atoms with Crippen molar-refractivity contribution in [2.45, 2.75) is 58.3 Å². The first-order valence-corrected chi connectivity index (χ1v) is 10.7. The molecule has 0 aromatic rings. The predicted octanol–water partition coefficient (Wildman–Crippen LogP) is 3.78. The van der Waals surface area contributed by atoms with Crippen molar-refractivity contribution in [2.75, 3.05) is 33.7 Å². The minimum Gasteiger partial charge on any atom is -0.355 e. The highest BCUT2D eigenvalue weighted by atomic mass is 32.2. The third-order valence-corrected chi connectivity index (χ3v) is 6.31. The highest BCUT2D eigenvalue weighted by molar-refractivity contribution is 8.13. The first kappa shape index (κ1) is 22.1. The fraction of sp³-hybridized carbons (Fsp3) is 0.933. The molecule has 0 saturated heterocycles. The van der Waals surface area contributed by atoms with E-state index in [-0.39, 0.29) is 5.12 Å². The molecule has 0 bridgehead atoms. The van der Waals surface area contributed by atoms with E-state index in [0.717, 1.165) is 12.8 Å². The maximum Gasteiger partial charge on any atom is 0.678 e. The normalized spacial score (nSPS) is 11.8. The fourth-order valence-electron chi connectivity index (χ4n) is 2.05. The maximum absolute atomic E-state index is 11.7. The number of carbonyl (C=O) groups is 1. The fourth-order valence-corrected chi connectivity index (χ4v) is 4.08. The van der Waals surface area contributed by atoms with Crippen LogP contribution in [0.1, 0.15) is 58.3 Å². The number of rotatable bonds is 15. The van der Waals surface area contributed by atoms with Crippen molar-refractivity contribution < 1.29 is 22.5 Å².